The van der Waals surface area contributed by atoms with Gasteiger partial charge in [0.15, 0.2) is 17.2 Å². The molecule has 1 fully saturated rings. The number of sulfonamides is 1. The summed E-state index contributed by atoms with van der Waals surface area (Å²) >= 11 is 0. The van der Waals surface area contributed by atoms with Gasteiger partial charge in [0.2, 0.25) is 10.0 Å². The fraction of sp³-hybridized carbons (Fsp3) is 0.400. The average Bonchev–Trinajstić information content (AvgIpc) is 3.29. The van der Waals surface area contributed by atoms with Crippen LogP contribution in [0.2, 0.25) is 0 Å². The molecule has 2 N–H and O–H groups in total. The molecule has 39 heavy (non-hydrogen) atoms. The highest BCUT2D eigenvalue weighted by molar-refractivity contribution is 7.88. The normalized spacial score (nSPS) is 16.5. The highest BCUT2D eigenvalue weighted by Gasteiger charge is 2.26. The lowest BCUT2D eigenvalue weighted by Gasteiger charge is -2.30. The van der Waals surface area contributed by atoms with E-state index in [4.69, 9.17) is 4.74 Å². The predicted octanol–water partition coefficient (Wildman–Crippen LogP) is 0.704. The number of amides is 2. The quantitative estimate of drug-likeness (QED) is 0.430. The Labute approximate surface area is 223 Å². The summed E-state index contributed by atoms with van der Waals surface area (Å²) in [5, 5.41) is 9.39. The monoisotopic (exact) mass is 558 g/mol. The zero-order chi connectivity index (χ0) is 27.7. The highest BCUT2D eigenvalue weighted by Crippen LogP contribution is 2.24. The first kappa shape index (κ1) is 26.7. The summed E-state index contributed by atoms with van der Waals surface area (Å²) in [4.78, 5) is 41.7. The number of nitrogens with one attached hydrogen (secondary N) is 2. The molecule has 0 radical (unpaired) electrons. The minimum atomic E-state index is -3.25. The number of piperidine rings is 1. The van der Waals surface area contributed by atoms with Gasteiger partial charge in [0, 0.05) is 44.2 Å². The topological polar surface area (TPSA) is 152 Å². The number of hydrogen-bond donors (Lipinski definition) is 2. The van der Waals surface area contributed by atoms with E-state index in [1.807, 2.05) is 0 Å². The first-order valence-corrected chi connectivity index (χ1v) is 14.3. The van der Waals surface area contributed by atoms with Gasteiger partial charge in [-0.25, -0.2) is 26.6 Å². The van der Waals surface area contributed by atoms with E-state index in [1.54, 1.807) is 18.2 Å². The van der Waals surface area contributed by atoms with Crippen molar-refractivity contribution in [2.45, 2.75) is 25.8 Å². The number of hydrogen-bond acceptors (Lipinski definition) is 8. The lowest BCUT2D eigenvalue weighted by atomic mass is 9.98. The molecule has 2 aromatic heterocycles. The van der Waals surface area contributed by atoms with Crippen LogP contribution in [0.5, 0.6) is 5.75 Å². The maximum absolute atomic E-state index is 14.4. The van der Waals surface area contributed by atoms with Crippen LogP contribution in [0.15, 0.2) is 30.5 Å². The van der Waals surface area contributed by atoms with Gasteiger partial charge in [0.25, 0.3) is 11.8 Å². The summed E-state index contributed by atoms with van der Waals surface area (Å²) in [5.41, 5.74) is 0.979. The van der Waals surface area contributed by atoms with Crippen LogP contribution in [0.1, 0.15) is 44.9 Å². The van der Waals surface area contributed by atoms with Gasteiger partial charge >= 0.3 is 0 Å². The number of halogens is 1. The van der Waals surface area contributed by atoms with Crippen molar-refractivity contribution >= 4 is 33.3 Å². The molecule has 0 bridgehead atoms. The van der Waals surface area contributed by atoms with E-state index < -0.39 is 27.7 Å². The van der Waals surface area contributed by atoms with Crippen LogP contribution in [-0.2, 0) is 27.8 Å². The molecule has 0 saturated carbocycles. The largest absolute Gasteiger partial charge is 0.486 e. The number of ketones is 1. The number of fused-ring (bicyclic) bond motifs is 2. The van der Waals surface area contributed by atoms with E-state index in [0.29, 0.717) is 31.7 Å². The van der Waals surface area contributed by atoms with E-state index in [1.165, 1.54) is 16.6 Å². The minimum Gasteiger partial charge on any atom is -0.486 e. The first-order chi connectivity index (χ1) is 18.6. The fourth-order valence-electron chi connectivity index (χ4n) is 4.70. The van der Waals surface area contributed by atoms with Gasteiger partial charge < -0.3 is 15.4 Å². The van der Waals surface area contributed by atoms with Gasteiger partial charge in [0.05, 0.1) is 12.5 Å². The van der Waals surface area contributed by atoms with Gasteiger partial charge in [-0.2, -0.15) is 5.10 Å². The summed E-state index contributed by atoms with van der Waals surface area (Å²) in [6, 6.07) is 6.53. The van der Waals surface area contributed by atoms with Gasteiger partial charge in [0.1, 0.15) is 23.7 Å². The third-order valence-electron chi connectivity index (χ3n) is 6.84. The van der Waals surface area contributed by atoms with Crippen molar-refractivity contribution in [2.75, 3.05) is 32.5 Å². The second kappa shape index (κ2) is 10.7. The van der Waals surface area contributed by atoms with Crippen LogP contribution >= 0.6 is 0 Å². The second-order valence-corrected chi connectivity index (χ2v) is 11.7. The van der Waals surface area contributed by atoms with Gasteiger partial charge in [-0.1, -0.05) is 6.07 Å². The van der Waals surface area contributed by atoms with Crippen LogP contribution in [0, 0.1) is 11.7 Å². The van der Waals surface area contributed by atoms with Crippen LogP contribution in [-0.4, -0.2) is 77.4 Å². The third kappa shape index (κ3) is 5.91. The van der Waals surface area contributed by atoms with Crippen LogP contribution in [0.3, 0.4) is 0 Å². The number of Topliss-reactive ketones (excluding diaryl/α,β-unsaturated/α-hetero) is 1. The number of ether oxygens (including phenoxy) is 1. The first-order valence-electron chi connectivity index (χ1n) is 12.4. The molecule has 2 aliphatic rings. The number of carbonyl (C=O) groups is 3. The molecule has 206 valence electrons. The van der Waals surface area contributed by atoms with Crippen molar-refractivity contribution in [1.82, 2.24) is 29.5 Å². The Hall–Kier alpha value is -3.91. The van der Waals surface area contributed by atoms with Crippen LogP contribution < -0.4 is 15.4 Å². The maximum Gasteiger partial charge on any atom is 0.270 e. The summed E-state index contributed by atoms with van der Waals surface area (Å²) in [6.45, 7) is 1.20. The summed E-state index contributed by atoms with van der Waals surface area (Å²) in [6.07, 6.45) is 3.52. The van der Waals surface area contributed by atoms with Crippen LogP contribution in [0.4, 0.5) is 4.39 Å². The average molecular weight is 559 g/mol. The van der Waals surface area contributed by atoms with E-state index in [-0.39, 0.29) is 54.9 Å². The lowest BCUT2D eigenvalue weighted by Crippen LogP contribution is -2.41. The van der Waals surface area contributed by atoms with E-state index in [0.717, 1.165) is 21.8 Å². The van der Waals surface area contributed by atoms with Crippen molar-refractivity contribution in [3.63, 3.8) is 0 Å². The van der Waals surface area contributed by atoms with Gasteiger partial charge in [-0.3, -0.25) is 14.4 Å². The molecular formula is C25H27FN6O6S. The smallest absolute Gasteiger partial charge is 0.270 e. The molecule has 0 unspecified atom stereocenters. The summed E-state index contributed by atoms with van der Waals surface area (Å²) < 4.78 is 45.6. The molecule has 0 aliphatic carbocycles. The van der Waals surface area contributed by atoms with Crippen LogP contribution in [0.25, 0.3) is 5.65 Å². The Morgan fingerprint density at radius 3 is 2.67 bits per heavy atom. The Kier molecular flexibility index (Phi) is 7.32. The Morgan fingerprint density at radius 2 is 1.92 bits per heavy atom. The molecule has 2 aliphatic heterocycles. The number of carbonyl (C=O) groups excluding carboxylic acids is 3. The number of aromatic nitrogens is 3. The fourth-order valence-corrected chi connectivity index (χ4v) is 5.58. The molecule has 1 aromatic carbocycles. The SMILES string of the molecule is CS(=O)(=O)N1CCC(CNC(=O)c2cc(C(=O)NCc3ccc4c(c3)CC(=O)CO4)nc3c(F)cnn23)CC1. The second-order valence-electron chi connectivity index (χ2n) is 9.70. The van der Waals surface area contributed by atoms with Gasteiger partial charge in [-0.15, -0.1) is 0 Å². The molecule has 4 heterocycles. The highest BCUT2D eigenvalue weighted by atomic mass is 32.2. The van der Waals surface area contributed by atoms with E-state index >= 15 is 0 Å². The third-order valence-corrected chi connectivity index (χ3v) is 8.15. The number of rotatable bonds is 7. The van der Waals surface area contributed by atoms with Crippen molar-refractivity contribution in [3.05, 3.63) is 58.8 Å². The zero-order valence-corrected chi connectivity index (χ0v) is 22.0. The van der Waals surface area contributed by atoms with E-state index in [9.17, 15) is 27.2 Å². The van der Waals surface area contributed by atoms with Crippen molar-refractivity contribution in [3.8, 4) is 5.75 Å². The van der Waals surface area contributed by atoms with Gasteiger partial charge in [-0.05, 0) is 36.5 Å². The Balaban J connectivity index is 1.27. The lowest BCUT2D eigenvalue weighted by molar-refractivity contribution is -0.121. The molecule has 0 atom stereocenters. The molecular weight excluding hydrogens is 531 g/mol. The molecule has 1 saturated heterocycles. The standard InChI is InChI=1S/C25H27FN6O6S/c1-39(36,37)31-6-4-15(5-7-31)11-28-25(35)21-10-20(30-23-19(26)13-29-32(21)23)24(34)27-12-16-2-3-22-17(8-16)9-18(33)14-38-22/h2-3,8,10,13,15H,4-7,9,11-12,14H2,1H3,(H,27,34)(H,28,35). The summed E-state index contributed by atoms with van der Waals surface area (Å²) in [7, 11) is -3.25. The maximum atomic E-state index is 14.4. The van der Waals surface area contributed by atoms with Crippen molar-refractivity contribution in [1.29, 1.82) is 0 Å². The summed E-state index contributed by atoms with van der Waals surface area (Å²) in [5.74, 6) is -1.31. The number of nitrogens with zero attached hydrogens (tertiary/aromatic N) is 4. The molecule has 3 aromatic rings. The molecule has 0 spiro atoms. The minimum absolute atomic E-state index is 0.0332. The Morgan fingerprint density at radius 1 is 1.15 bits per heavy atom. The molecule has 5 rings (SSSR count). The van der Waals surface area contributed by atoms with Crippen molar-refractivity contribution in [2.24, 2.45) is 5.92 Å². The molecule has 2 amide bonds. The number of benzene rings is 1. The zero-order valence-electron chi connectivity index (χ0n) is 21.1. The Bertz CT molecular complexity index is 1560. The van der Waals surface area contributed by atoms with Crippen molar-refractivity contribution < 1.29 is 31.9 Å². The predicted molar refractivity (Wildman–Crippen MR) is 136 cm³/mol. The molecule has 12 nitrogen and oxygen atoms in total. The van der Waals surface area contributed by atoms with E-state index in [2.05, 4.69) is 20.7 Å². The molecule has 14 heteroatoms.